The molecule has 1 aromatic heterocycles. The van der Waals surface area contributed by atoms with Crippen LogP contribution in [0.15, 0.2) is 24.3 Å². The van der Waals surface area contributed by atoms with Gasteiger partial charge in [0.15, 0.2) is 0 Å². The fraction of sp³-hybridized carbons (Fsp3) is 0.308. The third kappa shape index (κ3) is 2.18. The second-order valence-corrected chi connectivity index (χ2v) is 4.24. The van der Waals surface area contributed by atoms with Gasteiger partial charge in [0.05, 0.1) is 22.9 Å². The number of hydrogen-bond donors (Lipinski definition) is 1. The quantitative estimate of drug-likeness (QED) is 0.844. The lowest BCUT2D eigenvalue weighted by atomic mass is 10.0. The van der Waals surface area contributed by atoms with Crippen LogP contribution in [-0.2, 0) is 6.18 Å². The summed E-state index contributed by atoms with van der Waals surface area (Å²) < 4.78 is 38.6. The number of aliphatic hydroxyl groups is 1. The SMILES string of the molecule is Cc1cc(C(C)O)nc2cccc(C(F)(F)F)c12. The van der Waals surface area contributed by atoms with Gasteiger partial charge in [-0.15, -0.1) is 0 Å². The number of rotatable bonds is 1. The molecule has 0 aliphatic rings. The molecule has 0 saturated heterocycles. The monoisotopic (exact) mass is 255 g/mol. The molecule has 0 radical (unpaired) electrons. The lowest BCUT2D eigenvalue weighted by Gasteiger charge is -2.14. The molecule has 1 heterocycles. The Hall–Kier alpha value is -1.62. The van der Waals surface area contributed by atoms with Crippen molar-refractivity contribution < 1.29 is 18.3 Å². The van der Waals surface area contributed by atoms with Gasteiger partial charge in [0, 0.05) is 5.39 Å². The molecule has 0 amide bonds. The number of benzene rings is 1. The molecule has 0 bridgehead atoms. The Morgan fingerprint density at radius 3 is 2.50 bits per heavy atom. The van der Waals surface area contributed by atoms with E-state index in [0.29, 0.717) is 11.3 Å². The van der Waals surface area contributed by atoms with Crippen molar-refractivity contribution in [3.05, 3.63) is 41.1 Å². The van der Waals surface area contributed by atoms with Gasteiger partial charge in [0.25, 0.3) is 0 Å². The summed E-state index contributed by atoms with van der Waals surface area (Å²) >= 11 is 0. The number of aryl methyl sites for hydroxylation is 1. The fourth-order valence-electron chi connectivity index (χ4n) is 1.96. The van der Waals surface area contributed by atoms with Crippen LogP contribution in [0.1, 0.15) is 29.8 Å². The van der Waals surface area contributed by atoms with Crippen molar-refractivity contribution >= 4 is 10.9 Å². The van der Waals surface area contributed by atoms with E-state index in [0.717, 1.165) is 6.07 Å². The average Bonchev–Trinajstić information content (AvgIpc) is 2.26. The lowest BCUT2D eigenvalue weighted by molar-refractivity contribution is -0.136. The highest BCUT2D eigenvalue weighted by molar-refractivity contribution is 5.86. The first-order valence-electron chi connectivity index (χ1n) is 5.46. The van der Waals surface area contributed by atoms with Crippen molar-refractivity contribution in [1.29, 1.82) is 0 Å². The van der Waals surface area contributed by atoms with E-state index in [4.69, 9.17) is 0 Å². The molecule has 0 aliphatic carbocycles. The summed E-state index contributed by atoms with van der Waals surface area (Å²) in [4.78, 5) is 4.06. The van der Waals surface area contributed by atoms with Crippen LogP contribution in [0.4, 0.5) is 13.2 Å². The van der Waals surface area contributed by atoms with Gasteiger partial charge in [-0.3, -0.25) is 4.98 Å². The molecule has 0 spiro atoms. The predicted molar refractivity (Wildman–Crippen MR) is 62.1 cm³/mol. The largest absolute Gasteiger partial charge is 0.417 e. The Kier molecular flexibility index (Phi) is 3.02. The molecule has 0 fully saturated rings. The minimum Gasteiger partial charge on any atom is -0.387 e. The van der Waals surface area contributed by atoms with Crippen LogP contribution in [0.2, 0.25) is 0 Å². The van der Waals surface area contributed by atoms with E-state index in [9.17, 15) is 18.3 Å². The summed E-state index contributed by atoms with van der Waals surface area (Å²) in [6, 6.07) is 5.37. The maximum absolute atomic E-state index is 12.9. The third-order valence-corrected chi connectivity index (χ3v) is 2.78. The Labute approximate surface area is 102 Å². The van der Waals surface area contributed by atoms with Crippen molar-refractivity contribution in [2.45, 2.75) is 26.1 Å². The highest BCUT2D eigenvalue weighted by Gasteiger charge is 2.33. The number of aliphatic hydroxyl groups excluding tert-OH is 1. The number of fused-ring (bicyclic) bond motifs is 1. The normalized spacial score (nSPS) is 13.9. The summed E-state index contributed by atoms with van der Waals surface area (Å²) in [5.74, 6) is 0. The topological polar surface area (TPSA) is 33.1 Å². The van der Waals surface area contributed by atoms with Crippen LogP contribution < -0.4 is 0 Å². The molecule has 1 N–H and O–H groups in total. The summed E-state index contributed by atoms with van der Waals surface area (Å²) in [5.41, 5.74) is 0.394. The smallest absolute Gasteiger partial charge is 0.387 e. The van der Waals surface area contributed by atoms with Crippen molar-refractivity contribution in [2.24, 2.45) is 0 Å². The standard InChI is InChI=1S/C13H12F3NO/c1-7-6-11(8(2)18)17-10-5-3-4-9(12(7)10)13(14,15)16/h3-6,8,18H,1-2H3. The van der Waals surface area contributed by atoms with E-state index < -0.39 is 17.8 Å². The zero-order valence-corrected chi connectivity index (χ0v) is 9.92. The molecule has 1 unspecified atom stereocenters. The van der Waals surface area contributed by atoms with Crippen LogP contribution in [-0.4, -0.2) is 10.1 Å². The van der Waals surface area contributed by atoms with Crippen molar-refractivity contribution in [3.63, 3.8) is 0 Å². The Morgan fingerprint density at radius 2 is 1.94 bits per heavy atom. The Bertz CT molecular complexity index is 591. The number of halogens is 3. The molecule has 2 rings (SSSR count). The third-order valence-electron chi connectivity index (χ3n) is 2.78. The first kappa shape index (κ1) is 12.8. The van der Waals surface area contributed by atoms with Gasteiger partial charge in [-0.2, -0.15) is 13.2 Å². The zero-order valence-electron chi connectivity index (χ0n) is 9.92. The van der Waals surface area contributed by atoms with E-state index in [-0.39, 0.29) is 10.9 Å². The molecule has 1 atom stereocenters. The first-order valence-corrected chi connectivity index (χ1v) is 5.46. The predicted octanol–water partition coefficient (Wildman–Crippen LogP) is 3.62. The van der Waals surface area contributed by atoms with Crippen LogP contribution in [0, 0.1) is 6.92 Å². The Morgan fingerprint density at radius 1 is 1.28 bits per heavy atom. The molecule has 0 aliphatic heterocycles. The van der Waals surface area contributed by atoms with Gasteiger partial charge in [0.1, 0.15) is 0 Å². The van der Waals surface area contributed by atoms with Gasteiger partial charge in [0.2, 0.25) is 0 Å². The van der Waals surface area contributed by atoms with Gasteiger partial charge >= 0.3 is 6.18 Å². The van der Waals surface area contributed by atoms with Crippen LogP contribution >= 0.6 is 0 Å². The molecular formula is C13H12F3NO. The zero-order chi connectivity index (χ0) is 13.5. The molecule has 1 aromatic carbocycles. The number of nitrogens with zero attached hydrogens (tertiary/aromatic N) is 1. The summed E-state index contributed by atoms with van der Waals surface area (Å²) in [5, 5.41) is 9.54. The maximum atomic E-state index is 12.9. The lowest BCUT2D eigenvalue weighted by Crippen LogP contribution is -2.07. The summed E-state index contributed by atoms with van der Waals surface area (Å²) in [6.45, 7) is 3.12. The van der Waals surface area contributed by atoms with E-state index in [1.54, 1.807) is 6.92 Å². The molecule has 2 aromatic rings. The van der Waals surface area contributed by atoms with E-state index in [2.05, 4.69) is 4.98 Å². The number of alkyl halides is 3. The number of hydrogen-bond acceptors (Lipinski definition) is 2. The number of aromatic nitrogens is 1. The van der Waals surface area contributed by atoms with Gasteiger partial charge in [-0.25, -0.2) is 0 Å². The van der Waals surface area contributed by atoms with Crippen molar-refractivity contribution in [2.75, 3.05) is 0 Å². The maximum Gasteiger partial charge on any atom is 0.417 e. The fourth-order valence-corrected chi connectivity index (χ4v) is 1.96. The molecule has 2 nitrogen and oxygen atoms in total. The minimum absolute atomic E-state index is 0.0920. The van der Waals surface area contributed by atoms with Crippen molar-refractivity contribution in [3.8, 4) is 0 Å². The van der Waals surface area contributed by atoms with Gasteiger partial charge < -0.3 is 5.11 Å². The first-order chi connectivity index (χ1) is 8.30. The van der Waals surface area contributed by atoms with E-state index in [1.807, 2.05) is 0 Å². The average molecular weight is 255 g/mol. The number of pyridine rings is 1. The van der Waals surface area contributed by atoms with Crippen LogP contribution in [0.25, 0.3) is 10.9 Å². The molecule has 5 heteroatoms. The summed E-state index contributed by atoms with van der Waals surface area (Å²) in [7, 11) is 0. The second-order valence-electron chi connectivity index (χ2n) is 4.24. The second kappa shape index (κ2) is 4.24. The molecule has 96 valence electrons. The minimum atomic E-state index is -4.40. The Balaban J connectivity index is 2.79. The molecule has 0 saturated carbocycles. The highest BCUT2D eigenvalue weighted by Crippen LogP contribution is 2.36. The van der Waals surface area contributed by atoms with Gasteiger partial charge in [-0.1, -0.05) is 6.07 Å². The van der Waals surface area contributed by atoms with E-state index >= 15 is 0 Å². The summed E-state index contributed by atoms with van der Waals surface area (Å²) in [6.07, 6.45) is -5.21. The van der Waals surface area contributed by atoms with E-state index in [1.165, 1.54) is 25.1 Å². The molecule has 18 heavy (non-hydrogen) atoms. The van der Waals surface area contributed by atoms with Crippen molar-refractivity contribution in [1.82, 2.24) is 4.98 Å². The highest BCUT2D eigenvalue weighted by atomic mass is 19.4. The van der Waals surface area contributed by atoms with Crippen LogP contribution in [0.5, 0.6) is 0 Å². The van der Waals surface area contributed by atoms with Gasteiger partial charge in [-0.05, 0) is 37.6 Å². The molecular weight excluding hydrogens is 243 g/mol. The van der Waals surface area contributed by atoms with Crippen LogP contribution in [0.3, 0.4) is 0 Å².